The van der Waals surface area contributed by atoms with Crippen LogP contribution in [0.5, 0.6) is 0 Å². The third-order valence-corrected chi connectivity index (χ3v) is 2.04. The fourth-order valence-electron chi connectivity index (χ4n) is 1.15. The number of nitrogen functional groups attached to an aromatic ring is 1. The van der Waals surface area contributed by atoms with Crippen LogP contribution in [0.3, 0.4) is 0 Å². The molecule has 3 N–H and O–H groups in total. The van der Waals surface area contributed by atoms with Crippen molar-refractivity contribution >= 4 is 11.8 Å². The first-order chi connectivity index (χ1) is 7.00. The molecule has 0 radical (unpaired) electrons. The summed E-state index contributed by atoms with van der Waals surface area (Å²) >= 11 is 0. The largest absolute Gasteiger partial charge is 0.481 e. The van der Waals surface area contributed by atoms with Gasteiger partial charge in [-0.3, -0.25) is 4.79 Å². The molecule has 0 unspecified atom stereocenters. The Morgan fingerprint density at radius 3 is 2.73 bits per heavy atom. The second-order valence-electron chi connectivity index (χ2n) is 3.69. The van der Waals surface area contributed by atoms with Gasteiger partial charge in [-0.05, 0) is 6.42 Å². The summed E-state index contributed by atoms with van der Waals surface area (Å²) in [5.74, 6) is 0.449. The van der Waals surface area contributed by atoms with Gasteiger partial charge in [-0.1, -0.05) is 13.8 Å². The fraction of sp³-hybridized carbons (Fsp3) is 0.500. The van der Waals surface area contributed by atoms with E-state index in [1.54, 1.807) is 6.20 Å². The number of carboxylic acid groups (broad SMARTS) is 1. The van der Waals surface area contributed by atoms with Crippen molar-refractivity contribution < 1.29 is 9.90 Å². The Morgan fingerprint density at radius 2 is 2.27 bits per heavy atom. The number of carboxylic acids is 1. The van der Waals surface area contributed by atoms with Crippen molar-refractivity contribution in [3.05, 3.63) is 17.6 Å². The van der Waals surface area contributed by atoms with Crippen molar-refractivity contribution in [3.8, 4) is 0 Å². The van der Waals surface area contributed by atoms with Crippen molar-refractivity contribution in [1.82, 2.24) is 9.97 Å². The Balaban J connectivity index is 2.79. The van der Waals surface area contributed by atoms with Gasteiger partial charge in [0.1, 0.15) is 11.6 Å². The first kappa shape index (κ1) is 11.4. The number of hydrogen-bond acceptors (Lipinski definition) is 4. The predicted octanol–water partition coefficient (Wildman–Crippen LogP) is 1.20. The lowest BCUT2D eigenvalue weighted by Gasteiger charge is -2.07. The minimum atomic E-state index is -0.845. The maximum atomic E-state index is 10.4. The van der Waals surface area contributed by atoms with Crippen LogP contribution in [0.1, 0.15) is 37.6 Å². The van der Waals surface area contributed by atoms with Crippen LogP contribution in [0.25, 0.3) is 0 Å². The Kier molecular flexibility index (Phi) is 3.60. The summed E-state index contributed by atoms with van der Waals surface area (Å²) in [5.41, 5.74) is 6.40. The number of nitrogens with two attached hydrogens (primary N) is 1. The molecule has 5 nitrogen and oxygen atoms in total. The number of nitrogens with zero attached hydrogens (tertiary/aromatic N) is 2. The van der Waals surface area contributed by atoms with E-state index in [0.29, 0.717) is 23.6 Å². The van der Waals surface area contributed by atoms with Crippen molar-refractivity contribution in [3.63, 3.8) is 0 Å². The van der Waals surface area contributed by atoms with Crippen LogP contribution in [0.2, 0.25) is 0 Å². The molecule has 0 aliphatic rings. The Bertz CT molecular complexity index is 364. The highest BCUT2D eigenvalue weighted by molar-refractivity contribution is 5.67. The van der Waals surface area contributed by atoms with Crippen molar-refractivity contribution in [2.75, 3.05) is 5.73 Å². The quantitative estimate of drug-likeness (QED) is 0.777. The average molecular weight is 209 g/mol. The van der Waals surface area contributed by atoms with E-state index in [-0.39, 0.29) is 12.3 Å². The molecule has 0 saturated carbocycles. The number of rotatable bonds is 4. The third-order valence-electron chi connectivity index (χ3n) is 2.04. The van der Waals surface area contributed by atoms with Gasteiger partial charge in [0, 0.05) is 24.1 Å². The molecule has 0 saturated heterocycles. The molecule has 0 aliphatic heterocycles. The number of anilines is 1. The molecule has 0 amide bonds. The molecule has 1 heterocycles. The summed E-state index contributed by atoms with van der Waals surface area (Å²) in [4.78, 5) is 18.6. The van der Waals surface area contributed by atoms with Gasteiger partial charge in [0.15, 0.2) is 0 Å². The van der Waals surface area contributed by atoms with E-state index in [1.165, 1.54) is 0 Å². The van der Waals surface area contributed by atoms with Gasteiger partial charge in [-0.15, -0.1) is 0 Å². The van der Waals surface area contributed by atoms with Crippen LogP contribution in [-0.4, -0.2) is 21.0 Å². The van der Waals surface area contributed by atoms with Crippen LogP contribution in [0, 0.1) is 0 Å². The van der Waals surface area contributed by atoms with Gasteiger partial charge in [0.2, 0.25) is 0 Å². The van der Waals surface area contributed by atoms with E-state index < -0.39 is 5.97 Å². The highest BCUT2D eigenvalue weighted by atomic mass is 16.4. The zero-order chi connectivity index (χ0) is 11.4. The molecular formula is C10H15N3O2. The summed E-state index contributed by atoms with van der Waals surface area (Å²) < 4.78 is 0. The molecule has 0 aliphatic carbocycles. The molecule has 82 valence electrons. The first-order valence-electron chi connectivity index (χ1n) is 4.83. The predicted molar refractivity (Wildman–Crippen MR) is 56.5 cm³/mol. The van der Waals surface area contributed by atoms with Crippen molar-refractivity contribution in [2.24, 2.45) is 0 Å². The maximum Gasteiger partial charge on any atom is 0.303 e. The molecule has 0 bridgehead atoms. The average Bonchev–Trinajstić information content (AvgIpc) is 2.15. The lowest BCUT2D eigenvalue weighted by atomic mass is 10.1. The zero-order valence-electron chi connectivity index (χ0n) is 8.90. The number of aliphatic carboxylic acids is 1. The highest BCUT2D eigenvalue weighted by Gasteiger charge is 2.08. The molecule has 1 rings (SSSR count). The Hall–Kier alpha value is -1.65. The zero-order valence-corrected chi connectivity index (χ0v) is 8.90. The molecule has 5 heteroatoms. The van der Waals surface area contributed by atoms with Gasteiger partial charge in [0.05, 0.1) is 0 Å². The highest BCUT2D eigenvalue weighted by Crippen LogP contribution is 2.14. The molecule has 0 fully saturated rings. The lowest BCUT2D eigenvalue weighted by molar-refractivity contribution is -0.136. The van der Waals surface area contributed by atoms with Gasteiger partial charge >= 0.3 is 5.97 Å². The lowest BCUT2D eigenvalue weighted by Crippen LogP contribution is -2.06. The molecule has 0 atom stereocenters. The molecule has 1 aromatic heterocycles. The first-order valence-corrected chi connectivity index (χ1v) is 4.83. The molecule has 15 heavy (non-hydrogen) atoms. The monoisotopic (exact) mass is 209 g/mol. The summed E-state index contributed by atoms with van der Waals surface area (Å²) in [6.45, 7) is 3.96. The van der Waals surface area contributed by atoms with Gasteiger partial charge in [-0.2, -0.15) is 0 Å². The van der Waals surface area contributed by atoms with Crippen LogP contribution in [0.4, 0.5) is 5.82 Å². The van der Waals surface area contributed by atoms with E-state index >= 15 is 0 Å². The third kappa shape index (κ3) is 3.19. The molecule has 0 spiro atoms. The van der Waals surface area contributed by atoms with E-state index in [9.17, 15) is 4.79 Å². The standard InChI is InChI=1S/C10H15N3O2/c1-6(2)10-12-5-7(9(11)13-10)3-4-8(14)15/h5-6H,3-4H2,1-2H3,(H,14,15)(H2,11,12,13). The molecule has 0 aromatic carbocycles. The second-order valence-corrected chi connectivity index (χ2v) is 3.69. The number of hydrogen-bond donors (Lipinski definition) is 2. The van der Waals surface area contributed by atoms with Crippen molar-refractivity contribution in [1.29, 1.82) is 0 Å². The van der Waals surface area contributed by atoms with Gasteiger partial charge in [-0.25, -0.2) is 9.97 Å². The Labute approximate surface area is 88.4 Å². The number of aryl methyl sites for hydroxylation is 1. The van der Waals surface area contributed by atoms with E-state index in [4.69, 9.17) is 10.8 Å². The summed E-state index contributed by atoms with van der Waals surface area (Å²) in [6.07, 6.45) is 2.04. The normalized spacial score (nSPS) is 10.6. The van der Waals surface area contributed by atoms with Crippen LogP contribution < -0.4 is 5.73 Å². The number of aromatic nitrogens is 2. The van der Waals surface area contributed by atoms with Crippen LogP contribution in [-0.2, 0) is 11.2 Å². The number of carbonyl (C=O) groups is 1. The summed E-state index contributed by atoms with van der Waals surface area (Å²) in [5, 5.41) is 8.53. The minimum Gasteiger partial charge on any atom is -0.481 e. The molecule has 1 aromatic rings. The topological polar surface area (TPSA) is 89.1 Å². The van der Waals surface area contributed by atoms with Crippen LogP contribution >= 0.6 is 0 Å². The molecular weight excluding hydrogens is 194 g/mol. The Morgan fingerprint density at radius 1 is 1.60 bits per heavy atom. The minimum absolute atomic E-state index is 0.0502. The van der Waals surface area contributed by atoms with Crippen LogP contribution in [0.15, 0.2) is 6.20 Å². The summed E-state index contributed by atoms with van der Waals surface area (Å²) in [7, 11) is 0. The van der Waals surface area contributed by atoms with Crippen molar-refractivity contribution in [2.45, 2.75) is 32.6 Å². The SMILES string of the molecule is CC(C)c1ncc(CCC(=O)O)c(N)n1. The van der Waals surface area contributed by atoms with E-state index in [0.717, 1.165) is 0 Å². The smallest absolute Gasteiger partial charge is 0.303 e. The van der Waals surface area contributed by atoms with Gasteiger partial charge in [0.25, 0.3) is 0 Å². The fourth-order valence-corrected chi connectivity index (χ4v) is 1.15. The summed E-state index contributed by atoms with van der Waals surface area (Å²) in [6, 6.07) is 0. The van der Waals surface area contributed by atoms with Gasteiger partial charge < -0.3 is 10.8 Å². The van der Waals surface area contributed by atoms with E-state index in [1.807, 2.05) is 13.8 Å². The maximum absolute atomic E-state index is 10.4. The van der Waals surface area contributed by atoms with E-state index in [2.05, 4.69) is 9.97 Å². The second kappa shape index (κ2) is 4.72.